The van der Waals surface area contributed by atoms with Crippen LogP contribution >= 0.6 is 0 Å². The Labute approximate surface area is 272 Å². The van der Waals surface area contributed by atoms with Crippen LogP contribution in [0.25, 0.3) is 0 Å². The van der Waals surface area contributed by atoms with Crippen molar-refractivity contribution in [2.45, 2.75) is 219 Å². The van der Waals surface area contributed by atoms with Gasteiger partial charge in [-0.05, 0) is 19.3 Å². The molecule has 44 heavy (non-hydrogen) atoms. The first kappa shape index (κ1) is 42.4. The van der Waals surface area contributed by atoms with Gasteiger partial charge in [0.25, 0.3) is 0 Å². The highest BCUT2D eigenvalue weighted by atomic mass is 16.5. The van der Waals surface area contributed by atoms with E-state index in [1.54, 1.807) is 0 Å². The van der Waals surface area contributed by atoms with Crippen LogP contribution in [0.5, 0.6) is 0 Å². The number of amides is 1. The van der Waals surface area contributed by atoms with Crippen LogP contribution < -0.4 is 5.32 Å². The van der Waals surface area contributed by atoms with Crippen LogP contribution in [0.4, 0.5) is 0 Å². The summed E-state index contributed by atoms with van der Waals surface area (Å²) in [5.74, 6) is -1.73. The molecule has 0 aromatic carbocycles. The summed E-state index contributed by atoms with van der Waals surface area (Å²) in [7, 11) is 0. The maximum absolute atomic E-state index is 12.2. The highest BCUT2D eigenvalue weighted by Crippen LogP contribution is 2.15. The molecular weight excluding hydrogens is 550 g/mol. The minimum Gasteiger partial charge on any atom is -0.480 e. The van der Waals surface area contributed by atoms with Crippen LogP contribution in [-0.2, 0) is 19.1 Å². The van der Waals surface area contributed by atoms with E-state index in [9.17, 15) is 19.5 Å². The SMILES string of the molecule is CCCCCCCCCCCCCCCCCCCCOC(=O)CC[C@H](NC(=O)CCCCCCCCCCCC)C(=O)O. The minimum absolute atomic E-state index is 0.00848. The Morgan fingerprint density at radius 2 is 0.841 bits per heavy atom. The van der Waals surface area contributed by atoms with E-state index in [1.807, 2.05) is 0 Å². The van der Waals surface area contributed by atoms with Gasteiger partial charge in [0.1, 0.15) is 6.04 Å². The number of unbranched alkanes of at least 4 members (excludes halogenated alkanes) is 26. The van der Waals surface area contributed by atoms with Crippen molar-refractivity contribution in [2.24, 2.45) is 0 Å². The number of carbonyl (C=O) groups excluding carboxylic acids is 2. The van der Waals surface area contributed by atoms with E-state index < -0.39 is 12.0 Å². The maximum Gasteiger partial charge on any atom is 0.326 e. The van der Waals surface area contributed by atoms with Crippen LogP contribution in [0.15, 0.2) is 0 Å². The third-order valence-corrected chi connectivity index (χ3v) is 8.79. The molecular formula is C38H73NO5. The van der Waals surface area contributed by atoms with Gasteiger partial charge in [0.05, 0.1) is 6.61 Å². The number of rotatable bonds is 35. The standard InChI is InChI=1S/C38H73NO5/c1-3-5-7-9-11-13-15-16-17-18-19-20-21-22-24-26-28-30-34-44-37(41)33-32-35(38(42)43)39-36(40)31-29-27-25-23-14-12-10-8-6-4-2/h35H,3-34H2,1-2H3,(H,39,40)(H,42,43)/t35-/m0/s1. The Bertz CT molecular complexity index is 653. The summed E-state index contributed by atoms with van der Waals surface area (Å²) in [6.07, 6.45) is 36.0. The van der Waals surface area contributed by atoms with Crippen molar-refractivity contribution in [3.8, 4) is 0 Å². The highest BCUT2D eigenvalue weighted by molar-refractivity contribution is 5.84. The quantitative estimate of drug-likeness (QED) is 0.0541. The van der Waals surface area contributed by atoms with Crippen molar-refractivity contribution < 1.29 is 24.2 Å². The van der Waals surface area contributed by atoms with Gasteiger partial charge in [-0.1, -0.05) is 181 Å². The van der Waals surface area contributed by atoms with Gasteiger partial charge in [0.15, 0.2) is 0 Å². The molecule has 0 aliphatic rings. The first-order valence-corrected chi connectivity index (χ1v) is 19.2. The molecule has 0 bridgehead atoms. The average molecular weight is 624 g/mol. The number of ether oxygens (including phenoxy) is 1. The number of nitrogens with one attached hydrogen (secondary N) is 1. The molecule has 6 nitrogen and oxygen atoms in total. The molecule has 0 saturated heterocycles. The molecule has 0 spiro atoms. The average Bonchev–Trinajstić information content (AvgIpc) is 3.01. The van der Waals surface area contributed by atoms with Crippen LogP contribution in [0.3, 0.4) is 0 Å². The molecule has 1 atom stereocenters. The summed E-state index contributed by atoms with van der Waals surface area (Å²) >= 11 is 0. The summed E-state index contributed by atoms with van der Waals surface area (Å²) in [4.78, 5) is 35.9. The van der Waals surface area contributed by atoms with Crippen LogP contribution in [0.1, 0.15) is 213 Å². The number of carboxylic acid groups (broad SMARTS) is 1. The zero-order chi connectivity index (χ0) is 32.4. The lowest BCUT2D eigenvalue weighted by Crippen LogP contribution is -2.41. The largest absolute Gasteiger partial charge is 0.480 e. The van der Waals surface area contributed by atoms with Gasteiger partial charge in [-0.2, -0.15) is 0 Å². The maximum atomic E-state index is 12.2. The second kappa shape index (κ2) is 34.3. The Morgan fingerprint density at radius 3 is 1.20 bits per heavy atom. The van der Waals surface area contributed by atoms with E-state index in [-0.39, 0.29) is 24.7 Å². The molecule has 1 amide bonds. The van der Waals surface area contributed by atoms with Crippen molar-refractivity contribution in [3.63, 3.8) is 0 Å². The fourth-order valence-electron chi connectivity index (χ4n) is 5.82. The number of hydrogen-bond donors (Lipinski definition) is 2. The van der Waals surface area contributed by atoms with Gasteiger partial charge in [-0.3, -0.25) is 9.59 Å². The fourth-order valence-corrected chi connectivity index (χ4v) is 5.82. The smallest absolute Gasteiger partial charge is 0.326 e. The molecule has 260 valence electrons. The molecule has 2 N–H and O–H groups in total. The zero-order valence-electron chi connectivity index (χ0n) is 29.3. The topological polar surface area (TPSA) is 92.7 Å². The Kier molecular flexibility index (Phi) is 33.0. The van der Waals surface area contributed by atoms with Crippen LogP contribution in [-0.4, -0.2) is 35.6 Å². The fraction of sp³-hybridized carbons (Fsp3) is 0.921. The molecule has 0 saturated carbocycles. The van der Waals surface area contributed by atoms with Crippen molar-refractivity contribution in [3.05, 3.63) is 0 Å². The Morgan fingerprint density at radius 1 is 0.500 bits per heavy atom. The summed E-state index contributed by atoms with van der Waals surface area (Å²) in [6.45, 7) is 4.89. The number of esters is 1. The Hall–Kier alpha value is -1.59. The zero-order valence-corrected chi connectivity index (χ0v) is 29.3. The number of carboxylic acids is 1. The third kappa shape index (κ3) is 31.8. The molecule has 0 aromatic heterocycles. The molecule has 0 fully saturated rings. The first-order chi connectivity index (χ1) is 21.5. The van der Waals surface area contributed by atoms with Crippen LogP contribution in [0.2, 0.25) is 0 Å². The summed E-state index contributed by atoms with van der Waals surface area (Å²) in [6, 6.07) is -1.04. The normalized spacial score (nSPS) is 11.9. The molecule has 6 heteroatoms. The predicted octanol–water partition coefficient (Wildman–Crippen LogP) is 11.2. The van der Waals surface area contributed by atoms with Crippen LogP contribution in [0, 0.1) is 0 Å². The predicted molar refractivity (Wildman–Crippen MR) is 185 cm³/mol. The number of aliphatic carboxylic acids is 1. The second-order valence-electron chi connectivity index (χ2n) is 13.2. The monoisotopic (exact) mass is 624 g/mol. The lowest BCUT2D eigenvalue weighted by molar-refractivity contribution is -0.145. The molecule has 0 rings (SSSR count). The number of hydrogen-bond acceptors (Lipinski definition) is 4. The first-order valence-electron chi connectivity index (χ1n) is 19.2. The van der Waals surface area contributed by atoms with Crippen molar-refractivity contribution in [1.82, 2.24) is 5.32 Å². The second-order valence-corrected chi connectivity index (χ2v) is 13.2. The van der Waals surface area contributed by atoms with Gasteiger partial charge in [0.2, 0.25) is 5.91 Å². The highest BCUT2D eigenvalue weighted by Gasteiger charge is 2.21. The molecule has 0 unspecified atom stereocenters. The van der Waals surface area contributed by atoms with Crippen molar-refractivity contribution in [1.29, 1.82) is 0 Å². The van der Waals surface area contributed by atoms with Crippen molar-refractivity contribution >= 4 is 17.8 Å². The van der Waals surface area contributed by atoms with Gasteiger partial charge in [0, 0.05) is 12.8 Å². The number of carbonyl (C=O) groups is 3. The Balaban J connectivity index is 3.57. The van der Waals surface area contributed by atoms with Crippen molar-refractivity contribution in [2.75, 3.05) is 6.61 Å². The molecule has 0 heterocycles. The van der Waals surface area contributed by atoms with E-state index in [0.717, 1.165) is 32.1 Å². The lowest BCUT2D eigenvalue weighted by atomic mass is 10.0. The summed E-state index contributed by atoms with van der Waals surface area (Å²) in [5, 5.41) is 12.0. The van der Waals surface area contributed by atoms with Gasteiger partial charge < -0.3 is 15.2 Å². The lowest BCUT2D eigenvalue weighted by Gasteiger charge is -2.14. The van der Waals surface area contributed by atoms with E-state index in [4.69, 9.17) is 4.74 Å². The molecule has 0 aliphatic heterocycles. The van der Waals surface area contributed by atoms with E-state index in [1.165, 1.54) is 148 Å². The van der Waals surface area contributed by atoms with E-state index >= 15 is 0 Å². The minimum atomic E-state index is -1.10. The molecule has 0 aliphatic carbocycles. The van der Waals surface area contributed by atoms with E-state index in [0.29, 0.717) is 13.0 Å². The van der Waals surface area contributed by atoms with E-state index in [2.05, 4.69) is 19.2 Å². The summed E-state index contributed by atoms with van der Waals surface area (Å²) < 4.78 is 5.30. The third-order valence-electron chi connectivity index (χ3n) is 8.79. The summed E-state index contributed by atoms with van der Waals surface area (Å²) in [5.41, 5.74) is 0. The molecule has 0 aromatic rings. The van der Waals surface area contributed by atoms with Gasteiger partial charge in [-0.15, -0.1) is 0 Å². The molecule has 0 radical (unpaired) electrons. The van der Waals surface area contributed by atoms with Gasteiger partial charge >= 0.3 is 11.9 Å². The van der Waals surface area contributed by atoms with Gasteiger partial charge in [-0.25, -0.2) is 4.79 Å².